The molecule has 2 rings (SSSR count). The molecule has 0 unspecified atom stereocenters. The Kier molecular flexibility index (Phi) is 1.49. The fourth-order valence-corrected chi connectivity index (χ4v) is 1.51. The lowest BCUT2D eigenvalue weighted by atomic mass is 10.0. The number of ketones is 1. The van der Waals surface area contributed by atoms with Gasteiger partial charge in [-0.2, -0.15) is 0 Å². The van der Waals surface area contributed by atoms with Crippen molar-refractivity contribution in [2.24, 2.45) is 0 Å². The van der Waals surface area contributed by atoms with Gasteiger partial charge in [0.1, 0.15) is 0 Å². The van der Waals surface area contributed by atoms with Crippen LogP contribution >= 0.6 is 0 Å². The molecular weight excluding hydrogens is 166 g/mol. The van der Waals surface area contributed by atoms with Gasteiger partial charge >= 0.3 is 0 Å². The fourth-order valence-electron chi connectivity index (χ4n) is 1.51. The summed E-state index contributed by atoms with van der Waals surface area (Å²) >= 11 is 0. The molecule has 1 amide bonds. The summed E-state index contributed by atoms with van der Waals surface area (Å²) in [6, 6.07) is 3.66. The third-order valence-corrected chi connectivity index (χ3v) is 2.42. The Hall–Kier alpha value is -1.64. The minimum atomic E-state index is -0.524. The third kappa shape index (κ3) is 0.967. The lowest BCUT2D eigenvalue weighted by Gasteiger charge is -2.03. The van der Waals surface area contributed by atoms with Crippen LogP contribution < -0.4 is 5.32 Å². The average Bonchev–Trinajstić information content (AvgIpc) is 2.37. The molecule has 0 aliphatic carbocycles. The van der Waals surface area contributed by atoms with Crippen molar-refractivity contribution in [1.82, 2.24) is 0 Å². The van der Waals surface area contributed by atoms with Gasteiger partial charge in [0.15, 0.2) is 0 Å². The SMILES string of the molecule is Cc1ccc2c(c1C)C(=O)C(=O)N2. The molecule has 0 saturated heterocycles. The number of carbonyl (C=O) groups excluding carboxylic acids is 2. The summed E-state index contributed by atoms with van der Waals surface area (Å²) in [7, 11) is 0. The first kappa shape index (κ1) is 7.98. The van der Waals surface area contributed by atoms with Crippen molar-refractivity contribution in [3.8, 4) is 0 Å². The highest BCUT2D eigenvalue weighted by molar-refractivity contribution is 6.52. The highest BCUT2D eigenvalue weighted by atomic mass is 16.2. The summed E-state index contributed by atoms with van der Waals surface area (Å²) in [6.07, 6.45) is 0. The highest BCUT2D eigenvalue weighted by Crippen LogP contribution is 2.27. The molecule has 0 spiro atoms. The van der Waals surface area contributed by atoms with Crippen LogP contribution in [0.25, 0.3) is 0 Å². The predicted octanol–water partition coefficient (Wildman–Crippen LogP) is 1.44. The predicted molar refractivity (Wildman–Crippen MR) is 48.9 cm³/mol. The van der Waals surface area contributed by atoms with Gasteiger partial charge in [-0.25, -0.2) is 0 Å². The second kappa shape index (κ2) is 2.42. The first-order chi connectivity index (χ1) is 6.11. The Morgan fingerprint density at radius 3 is 2.54 bits per heavy atom. The van der Waals surface area contributed by atoms with Crippen molar-refractivity contribution in [3.63, 3.8) is 0 Å². The smallest absolute Gasteiger partial charge is 0.296 e. The van der Waals surface area contributed by atoms with Gasteiger partial charge in [0.25, 0.3) is 11.7 Å². The molecule has 1 N–H and O–H groups in total. The molecule has 1 aliphatic heterocycles. The highest BCUT2D eigenvalue weighted by Gasteiger charge is 2.29. The van der Waals surface area contributed by atoms with Gasteiger partial charge in [0, 0.05) is 0 Å². The second-order valence-electron chi connectivity index (χ2n) is 3.21. The van der Waals surface area contributed by atoms with E-state index >= 15 is 0 Å². The Morgan fingerprint density at radius 2 is 1.85 bits per heavy atom. The summed E-state index contributed by atoms with van der Waals surface area (Å²) in [6.45, 7) is 3.78. The molecule has 0 bridgehead atoms. The van der Waals surface area contributed by atoms with Crippen molar-refractivity contribution in [2.75, 3.05) is 5.32 Å². The van der Waals surface area contributed by atoms with Crippen molar-refractivity contribution >= 4 is 17.4 Å². The van der Waals surface area contributed by atoms with Crippen molar-refractivity contribution in [3.05, 3.63) is 28.8 Å². The van der Waals surface area contributed by atoms with Crippen molar-refractivity contribution in [1.29, 1.82) is 0 Å². The summed E-state index contributed by atoms with van der Waals surface area (Å²) in [5, 5.41) is 2.53. The van der Waals surface area contributed by atoms with E-state index in [9.17, 15) is 9.59 Å². The number of carbonyl (C=O) groups is 2. The summed E-state index contributed by atoms with van der Waals surface area (Å²) in [5.74, 6) is -0.945. The van der Waals surface area contributed by atoms with Gasteiger partial charge in [0.2, 0.25) is 0 Å². The average molecular weight is 175 g/mol. The molecule has 1 aromatic rings. The second-order valence-corrected chi connectivity index (χ2v) is 3.21. The van der Waals surface area contributed by atoms with Crippen LogP contribution in [-0.4, -0.2) is 11.7 Å². The number of fused-ring (bicyclic) bond motifs is 1. The molecule has 13 heavy (non-hydrogen) atoms. The van der Waals surface area contributed by atoms with Crippen molar-refractivity contribution in [2.45, 2.75) is 13.8 Å². The minimum Gasteiger partial charge on any atom is -0.318 e. The Bertz CT molecular complexity index is 421. The number of benzene rings is 1. The van der Waals surface area contributed by atoms with E-state index in [-0.39, 0.29) is 0 Å². The zero-order valence-corrected chi connectivity index (χ0v) is 7.47. The molecule has 0 fully saturated rings. The fraction of sp³-hybridized carbons (Fsp3) is 0.200. The van der Waals surface area contributed by atoms with Gasteiger partial charge < -0.3 is 5.32 Å². The maximum absolute atomic E-state index is 11.4. The molecule has 1 aliphatic rings. The number of hydrogen-bond donors (Lipinski definition) is 1. The number of amides is 1. The van der Waals surface area contributed by atoms with E-state index in [2.05, 4.69) is 5.32 Å². The quantitative estimate of drug-likeness (QED) is 0.606. The van der Waals surface area contributed by atoms with Gasteiger partial charge in [-0.15, -0.1) is 0 Å². The first-order valence-corrected chi connectivity index (χ1v) is 4.07. The van der Waals surface area contributed by atoms with E-state index in [4.69, 9.17) is 0 Å². The van der Waals surface area contributed by atoms with Gasteiger partial charge in [0.05, 0.1) is 11.3 Å². The molecule has 3 heteroatoms. The van der Waals surface area contributed by atoms with Crippen LogP contribution in [0.15, 0.2) is 12.1 Å². The minimum absolute atomic E-state index is 0.420. The molecule has 0 radical (unpaired) electrons. The number of aryl methyl sites for hydroxylation is 1. The summed E-state index contributed by atoms with van der Waals surface area (Å²) < 4.78 is 0. The number of nitrogens with one attached hydrogen (secondary N) is 1. The number of rotatable bonds is 0. The number of Topliss-reactive ketones (excluding diaryl/α,β-unsaturated/α-hetero) is 1. The van der Waals surface area contributed by atoms with Crippen LogP contribution in [0.3, 0.4) is 0 Å². The van der Waals surface area contributed by atoms with Crippen LogP contribution in [0, 0.1) is 13.8 Å². The van der Waals surface area contributed by atoms with Crippen LogP contribution in [0.1, 0.15) is 21.5 Å². The monoisotopic (exact) mass is 175 g/mol. The van der Waals surface area contributed by atoms with E-state index in [0.717, 1.165) is 11.1 Å². The third-order valence-electron chi connectivity index (χ3n) is 2.42. The van der Waals surface area contributed by atoms with Gasteiger partial charge in [-0.3, -0.25) is 9.59 Å². The Morgan fingerprint density at radius 1 is 1.15 bits per heavy atom. The normalized spacial score (nSPS) is 14.3. The molecule has 0 atom stereocenters. The lowest BCUT2D eigenvalue weighted by molar-refractivity contribution is -0.112. The lowest BCUT2D eigenvalue weighted by Crippen LogP contribution is -2.12. The Balaban J connectivity index is 2.73. The molecule has 0 aromatic heterocycles. The van der Waals surface area contributed by atoms with Gasteiger partial charge in [-0.1, -0.05) is 6.07 Å². The molecule has 66 valence electrons. The van der Waals surface area contributed by atoms with Gasteiger partial charge in [-0.05, 0) is 31.0 Å². The topological polar surface area (TPSA) is 46.2 Å². The molecule has 1 heterocycles. The first-order valence-electron chi connectivity index (χ1n) is 4.07. The van der Waals surface area contributed by atoms with E-state index < -0.39 is 11.7 Å². The molecule has 0 saturated carbocycles. The largest absolute Gasteiger partial charge is 0.318 e. The number of hydrogen-bond acceptors (Lipinski definition) is 2. The van der Waals surface area contributed by atoms with Crippen LogP contribution in [0.4, 0.5) is 5.69 Å². The van der Waals surface area contributed by atoms with E-state index in [1.54, 1.807) is 6.07 Å². The summed E-state index contributed by atoms with van der Waals surface area (Å²) in [5.41, 5.74) is 3.09. The molecule has 3 nitrogen and oxygen atoms in total. The Labute approximate surface area is 75.8 Å². The van der Waals surface area contributed by atoms with Crippen LogP contribution in [0.2, 0.25) is 0 Å². The zero-order chi connectivity index (χ0) is 9.59. The van der Waals surface area contributed by atoms with E-state index in [0.29, 0.717) is 11.3 Å². The maximum atomic E-state index is 11.4. The standard InChI is InChI=1S/C10H9NO2/c1-5-3-4-7-8(6(5)2)9(12)10(13)11-7/h3-4H,1-2H3,(H,11,12,13). The van der Waals surface area contributed by atoms with E-state index in [1.807, 2.05) is 19.9 Å². The van der Waals surface area contributed by atoms with Crippen molar-refractivity contribution < 1.29 is 9.59 Å². The van der Waals surface area contributed by atoms with E-state index in [1.165, 1.54) is 0 Å². The van der Waals surface area contributed by atoms with Crippen LogP contribution in [-0.2, 0) is 4.79 Å². The summed E-state index contributed by atoms with van der Waals surface area (Å²) in [4.78, 5) is 22.4. The number of anilines is 1. The molecular formula is C10H9NO2. The van der Waals surface area contributed by atoms with Crippen LogP contribution in [0.5, 0.6) is 0 Å². The zero-order valence-electron chi connectivity index (χ0n) is 7.47. The maximum Gasteiger partial charge on any atom is 0.296 e. The molecule has 1 aromatic carbocycles.